The van der Waals surface area contributed by atoms with E-state index in [4.69, 9.17) is 4.74 Å². The van der Waals surface area contributed by atoms with Gasteiger partial charge in [-0.05, 0) is 0 Å². The molecule has 0 aliphatic carbocycles. The number of carbonyl (C=O) groups excluding carboxylic acids is 1. The highest BCUT2D eigenvalue weighted by Crippen LogP contribution is 2.22. The third-order valence-corrected chi connectivity index (χ3v) is 3.40. The van der Waals surface area contributed by atoms with Gasteiger partial charge in [-0.1, -0.05) is 0 Å². The summed E-state index contributed by atoms with van der Waals surface area (Å²) in [5.41, 5.74) is -1.46. The van der Waals surface area contributed by atoms with Crippen molar-refractivity contribution in [3.63, 3.8) is 0 Å². The number of morpholine rings is 1. The van der Waals surface area contributed by atoms with Crippen LogP contribution in [0, 0.1) is 29.1 Å². The maximum absolute atomic E-state index is 13.4. The third-order valence-electron chi connectivity index (χ3n) is 3.40. The van der Waals surface area contributed by atoms with Crippen molar-refractivity contribution in [1.29, 1.82) is 0 Å². The molecule has 0 radical (unpaired) electrons. The lowest BCUT2D eigenvalue weighted by atomic mass is 10.1. The lowest BCUT2D eigenvalue weighted by molar-refractivity contribution is -0.906. The maximum atomic E-state index is 13.4. The molecule has 9 heteroatoms. The number of ether oxygens (including phenoxy) is 1. The highest BCUT2D eigenvalue weighted by Gasteiger charge is 2.29. The topological polar surface area (TPSA) is 42.8 Å². The molecule has 1 aliphatic heterocycles. The highest BCUT2D eigenvalue weighted by atomic mass is 19.2. The molecule has 0 spiro atoms. The van der Waals surface area contributed by atoms with Gasteiger partial charge in [-0.25, -0.2) is 22.0 Å². The first-order chi connectivity index (χ1) is 10.4. The fourth-order valence-electron chi connectivity index (χ4n) is 2.16. The van der Waals surface area contributed by atoms with Crippen molar-refractivity contribution < 1.29 is 36.4 Å². The Hall–Kier alpha value is -1.74. The van der Waals surface area contributed by atoms with Gasteiger partial charge < -0.3 is 15.0 Å². The number of hydrogen-bond donors (Lipinski definition) is 2. The Bertz CT molecular complexity index is 547. The summed E-state index contributed by atoms with van der Waals surface area (Å²) in [4.78, 5) is 12.8. The second-order valence-corrected chi connectivity index (χ2v) is 4.81. The maximum Gasteiger partial charge on any atom is 0.257 e. The molecule has 0 atom stereocenters. The van der Waals surface area contributed by atoms with Crippen LogP contribution in [0.2, 0.25) is 0 Å². The number of hydrogen-bond acceptors (Lipinski definition) is 2. The lowest BCUT2D eigenvalue weighted by Gasteiger charge is -2.23. The van der Waals surface area contributed by atoms with E-state index < -0.39 is 40.6 Å². The molecule has 1 fully saturated rings. The zero-order valence-corrected chi connectivity index (χ0v) is 11.4. The van der Waals surface area contributed by atoms with Crippen LogP contribution in [-0.2, 0) is 4.74 Å². The van der Waals surface area contributed by atoms with E-state index in [2.05, 4.69) is 5.32 Å². The Morgan fingerprint density at radius 1 is 0.955 bits per heavy atom. The zero-order valence-electron chi connectivity index (χ0n) is 11.4. The summed E-state index contributed by atoms with van der Waals surface area (Å²) in [7, 11) is 0. The van der Waals surface area contributed by atoms with Crippen LogP contribution in [0.1, 0.15) is 10.4 Å². The van der Waals surface area contributed by atoms with E-state index in [-0.39, 0.29) is 6.54 Å². The van der Waals surface area contributed by atoms with E-state index in [0.717, 1.165) is 18.0 Å². The van der Waals surface area contributed by atoms with Gasteiger partial charge in [-0.2, -0.15) is 0 Å². The molecule has 1 amide bonds. The number of quaternary nitrogens is 1. The van der Waals surface area contributed by atoms with Gasteiger partial charge in [0, 0.05) is 0 Å². The zero-order chi connectivity index (χ0) is 16.3. The van der Waals surface area contributed by atoms with Gasteiger partial charge in [0.05, 0.1) is 26.3 Å². The van der Waals surface area contributed by atoms with Crippen molar-refractivity contribution in [1.82, 2.24) is 5.32 Å². The van der Waals surface area contributed by atoms with Gasteiger partial charge in [0.2, 0.25) is 5.82 Å². The van der Waals surface area contributed by atoms with Crippen LogP contribution < -0.4 is 10.2 Å². The van der Waals surface area contributed by atoms with Crippen LogP contribution in [0.25, 0.3) is 0 Å². The van der Waals surface area contributed by atoms with Crippen molar-refractivity contribution in [2.24, 2.45) is 0 Å². The summed E-state index contributed by atoms with van der Waals surface area (Å²) in [6, 6.07) is 0. The summed E-state index contributed by atoms with van der Waals surface area (Å²) in [6.07, 6.45) is 0. The van der Waals surface area contributed by atoms with E-state index in [0.29, 0.717) is 19.8 Å². The first-order valence-corrected chi connectivity index (χ1v) is 6.64. The Kier molecular flexibility index (Phi) is 5.30. The number of benzene rings is 1. The van der Waals surface area contributed by atoms with Crippen molar-refractivity contribution in [3.8, 4) is 0 Å². The molecule has 0 unspecified atom stereocenters. The Morgan fingerprint density at radius 2 is 1.45 bits per heavy atom. The molecule has 122 valence electrons. The van der Waals surface area contributed by atoms with Crippen molar-refractivity contribution >= 4 is 5.91 Å². The van der Waals surface area contributed by atoms with Crippen LogP contribution in [0.4, 0.5) is 22.0 Å². The average molecular weight is 325 g/mol. The SMILES string of the molecule is O=C(NCC[NH+]1CCOCC1)c1c(F)c(F)c(F)c(F)c1F. The summed E-state index contributed by atoms with van der Waals surface area (Å²) >= 11 is 0. The van der Waals surface area contributed by atoms with E-state index in [1.165, 1.54) is 0 Å². The molecule has 4 nitrogen and oxygen atoms in total. The van der Waals surface area contributed by atoms with E-state index >= 15 is 0 Å². The molecule has 2 N–H and O–H groups in total. The lowest BCUT2D eigenvalue weighted by Crippen LogP contribution is -3.14. The van der Waals surface area contributed by atoms with Gasteiger partial charge in [-0.3, -0.25) is 4.79 Å². The number of amides is 1. The van der Waals surface area contributed by atoms with Gasteiger partial charge in [-0.15, -0.1) is 0 Å². The Labute approximate surface area is 122 Å². The van der Waals surface area contributed by atoms with E-state index in [9.17, 15) is 26.7 Å². The number of carbonyl (C=O) groups is 1. The van der Waals surface area contributed by atoms with Gasteiger partial charge >= 0.3 is 0 Å². The fraction of sp³-hybridized carbons (Fsp3) is 0.462. The molecule has 0 bridgehead atoms. The first-order valence-electron chi connectivity index (χ1n) is 6.64. The highest BCUT2D eigenvalue weighted by molar-refractivity contribution is 5.94. The van der Waals surface area contributed by atoms with Gasteiger partial charge in [0.1, 0.15) is 18.7 Å². The molecule has 1 aliphatic rings. The molecule has 1 aromatic rings. The summed E-state index contributed by atoms with van der Waals surface area (Å²) in [5, 5.41) is 2.17. The van der Waals surface area contributed by atoms with Crippen LogP contribution >= 0.6 is 0 Å². The largest absolute Gasteiger partial charge is 0.370 e. The molecular weight excluding hydrogens is 311 g/mol. The quantitative estimate of drug-likeness (QED) is 0.466. The van der Waals surface area contributed by atoms with Crippen molar-refractivity contribution in [2.75, 3.05) is 39.4 Å². The summed E-state index contributed by atoms with van der Waals surface area (Å²) in [6.45, 7) is 3.09. The van der Waals surface area contributed by atoms with Crippen molar-refractivity contribution in [3.05, 3.63) is 34.6 Å². The van der Waals surface area contributed by atoms with Crippen LogP contribution in [0.3, 0.4) is 0 Å². The van der Waals surface area contributed by atoms with Crippen molar-refractivity contribution in [2.45, 2.75) is 0 Å². The molecule has 1 aromatic carbocycles. The minimum absolute atomic E-state index is 0.0493. The average Bonchev–Trinajstić information content (AvgIpc) is 2.52. The minimum atomic E-state index is -2.29. The molecule has 0 aromatic heterocycles. The molecule has 1 saturated heterocycles. The smallest absolute Gasteiger partial charge is 0.257 e. The summed E-state index contributed by atoms with van der Waals surface area (Å²) in [5.74, 6) is -12.2. The number of nitrogens with one attached hydrogen (secondary N) is 2. The molecule has 0 saturated carbocycles. The first kappa shape index (κ1) is 16.6. The fourth-order valence-corrected chi connectivity index (χ4v) is 2.16. The standard InChI is InChI=1S/C13H13F5N2O2/c14-8-7(9(15)11(17)12(18)10(8)16)13(21)19-1-2-20-3-5-22-6-4-20/h1-6H2,(H,19,21)/p+1. The molecular formula is C13H14F5N2O2+. The predicted molar refractivity (Wildman–Crippen MR) is 64.9 cm³/mol. The Balaban J connectivity index is 2.03. The normalized spacial score (nSPS) is 15.9. The molecule has 1 heterocycles. The molecule has 22 heavy (non-hydrogen) atoms. The number of rotatable bonds is 4. The van der Waals surface area contributed by atoms with E-state index in [1.54, 1.807) is 0 Å². The van der Waals surface area contributed by atoms with Crippen LogP contribution in [0.5, 0.6) is 0 Å². The van der Waals surface area contributed by atoms with E-state index in [1.807, 2.05) is 0 Å². The predicted octanol–water partition coefficient (Wildman–Crippen LogP) is 0.0270. The molecule has 2 rings (SSSR count). The Morgan fingerprint density at radius 3 is 2.00 bits per heavy atom. The third kappa shape index (κ3) is 3.36. The van der Waals surface area contributed by atoms with Gasteiger partial charge in [0.25, 0.3) is 5.91 Å². The minimum Gasteiger partial charge on any atom is -0.370 e. The van der Waals surface area contributed by atoms with Crippen LogP contribution in [-0.4, -0.2) is 45.3 Å². The second-order valence-electron chi connectivity index (χ2n) is 4.81. The van der Waals surface area contributed by atoms with Crippen LogP contribution in [0.15, 0.2) is 0 Å². The number of halogens is 5. The summed E-state index contributed by atoms with van der Waals surface area (Å²) < 4.78 is 70.9. The van der Waals surface area contributed by atoms with Gasteiger partial charge in [0.15, 0.2) is 23.3 Å². The monoisotopic (exact) mass is 325 g/mol. The second kappa shape index (κ2) is 7.01.